The minimum atomic E-state index is -4.74. The molecule has 2 heterocycles. The number of hydrogen-bond donors (Lipinski definition) is 1. The van der Waals surface area contributed by atoms with Gasteiger partial charge in [-0.25, -0.2) is 4.39 Å². The highest BCUT2D eigenvalue weighted by Crippen LogP contribution is 2.29. The predicted octanol–water partition coefficient (Wildman–Crippen LogP) is 2.81. The SMILES string of the molecule is C[C@@H](Nc1nnc(-c2ccc(F)cc2)o1)C(=O)N1C[C@H](OC(F)(F)F)[C@@H]1C. The Labute approximate surface area is 151 Å². The first-order valence-electron chi connectivity index (χ1n) is 8.05. The molecule has 0 saturated carbocycles. The Hall–Kier alpha value is -2.69. The summed E-state index contributed by atoms with van der Waals surface area (Å²) in [7, 11) is 0. The van der Waals surface area contributed by atoms with Crippen molar-refractivity contribution in [3.05, 3.63) is 30.1 Å². The molecule has 1 aliphatic rings. The number of ether oxygens (including phenoxy) is 1. The number of nitrogens with zero attached hydrogens (tertiary/aromatic N) is 3. The van der Waals surface area contributed by atoms with Crippen LogP contribution >= 0.6 is 0 Å². The van der Waals surface area contributed by atoms with E-state index in [2.05, 4.69) is 20.3 Å². The van der Waals surface area contributed by atoms with Crippen LogP contribution in [0, 0.1) is 5.82 Å². The molecular formula is C16H16F4N4O3. The van der Waals surface area contributed by atoms with Crippen LogP contribution in [0.5, 0.6) is 0 Å². The lowest BCUT2D eigenvalue weighted by Gasteiger charge is -2.46. The second-order valence-corrected chi connectivity index (χ2v) is 6.12. The summed E-state index contributed by atoms with van der Waals surface area (Å²) < 4.78 is 59.0. The molecule has 0 aliphatic carbocycles. The number of anilines is 1. The number of benzene rings is 1. The maximum Gasteiger partial charge on any atom is 0.522 e. The van der Waals surface area contributed by atoms with Gasteiger partial charge in [-0.3, -0.25) is 9.53 Å². The van der Waals surface area contributed by atoms with E-state index >= 15 is 0 Å². The van der Waals surface area contributed by atoms with Crippen LogP contribution < -0.4 is 5.32 Å². The van der Waals surface area contributed by atoms with Gasteiger partial charge in [-0.1, -0.05) is 5.10 Å². The van der Waals surface area contributed by atoms with Crippen LogP contribution in [0.2, 0.25) is 0 Å². The Kier molecular flexibility index (Phi) is 5.05. The predicted molar refractivity (Wildman–Crippen MR) is 84.9 cm³/mol. The zero-order valence-electron chi connectivity index (χ0n) is 14.3. The largest absolute Gasteiger partial charge is 0.522 e. The van der Waals surface area contributed by atoms with E-state index in [4.69, 9.17) is 4.42 Å². The van der Waals surface area contributed by atoms with E-state index in [1.807, 2.05) is 0 Å². The lowest BCUT2D eigenvalue weighted by molar-refractivity contribution is -0.359. The van der Waals surface area contributed by atoms with Gasteiger partial charge in [0, 0.05) is 12.1 Å². The molecule has 11 heteroatoms. The number of nitrogens with one attached hydrogen (secondary N) is 1. The average Bonchev–Trinajstić information content (AvgIpc) is 3.05. The van der Waals surface area contributed by atoms with Crippen LogP contribution in [0.25, 0.3) is 11.5 Å². The number of halogens is 4. The summed E-state index contributed by atoms with van der Waals surface area (Å²) in [4.78, 5) is 13.6. The number of carbonyl (C=O) groups is 1. The van der Waals surface area contributed by atoms with Gasteiger partial charge < -0.3 is 14.6 Å². The molecule has 0 spiro atoms. The lowest BCUT2D eigenvalue weighted by Crippen LogP contribution is -2.64. The van der Waals surface area contributed by atoms with E-state index in [1.54, 1.807) is 0 Å². The zero-order valence-corrected chi connectivity index (χ0v) is 14.3. The van der Waals surface area contributed by atoms with Gasteiger partial charge in [0.05, 0.1) is 6.04 Å². The first-order valence-corrected chi connectivity index (χ1v) is 8.05. The Morgan fingerprint density at radius 2 is 2.00 bits per heavy atom. The highest BCUT2D eigenvalue weighted by Gasteiger charge is 2.46. The second kappa shape index (κ2) is 7.14. The van der Waals surface area contributed by atoms with E-state index in [1.165, 1.54) is 43.0 Å². The third-order valence-corrected chi connectivity index (χ3v) is 4.20. The molecule has 0 bridgehead atoms. The first-order chi connectivity index (χ1) is 12.6. The van der Waals surface area contributed by atoms with Gasteiger partial charge >= 0.3 is 12.4 Å². The van der Waals surface area contributed by atoms with Crippen LogP contribution in [-0.2, 0) is 9.53 Å². The Balaban J connectivity index is 1.57. The molecule has 3 rings (SSSR count). The topological polar surface area (TPSA) is 80.5 Å². The molecule has 1 aromatic heterocycles. The molecule has 7 nitrogen and oxygen atoms in total. The standard InChI is InChI=1S/C16H16F4N4O3/c1-8(14(25)24-7-12(9(24)2)27-16(18,19)20)21-15-23-22-13(26-15)10-3-5-11(17)6-4-10/h3-6,8-9,12H,7H2,1-2H3,(H,21,23)/t8-,9+,12+/m1/s1. The smallest absolute Gasteiger partial charge is 0.403 e. The molecule has 1 fully saturated rings. The lowest BCUT2D eigenvalue weighted by atomic mass is 10.00. The number of likely N-dealkylation sites (tertiary alicyclic amines) is 1. The zero-order chi connectivity index (χ0) is 19.8. The highest BCUT2D eigenvalue weighted by atomic mass is 19.4. The number of aromatic nitrogens is 2. The molecule has 1 amide bonds. The third kappa shape index (κ3) is 4.35. The van der Waals surface area contributed by atoms with Crippen molar-refractivity contribution in [2.45, 2.75) is 38.4 Å². The second-order valence-electron chi connectivity index (χ2n) is 6.12. The third-order valence-electron chi connectivity index (χ3n) is 4.20. The summed E-state index contributed by atoms with van der Waals surface area (Å²) in [5, 5.41) is 10.3. The maximum atomic E-state index is 12.9. The molecule has 146 valence electrons. The fourth-order valence-corrected chi connectivity index (χ4v) is 2.66. The fraction of sp³-hybridized carbons (Fsp3) is 0.438. The maximum absolute atomic E-state index is 12.9. The van der Waals surface area contributed by atoms with Crippen molar-refractivity contribution < 1.29 is 31.5 Å². The van der Waals surface area contributed by atoms with Gasteiger partial charge in [-0.15, -0.1) is 18.3 Å². The Morgan fingerprint density at radius 3 is 2.59 bits per heavy atom. The first kappa shape index (κ1) is 19.1. The minimum absolute atomic E-state index is 0.0357. The molecule has 3 atom stereocenters. The van der Waals surface area contributed by atoms with Crippen LogP contribution in [0.3, 0.4) is 0 Å². The van der Waals surface area contributed by atoms with Crippen molar-refractivity contribution in [1.29, 1.82) is 0 Å². The highest BCUT2D eigenvalue weighted by molar-refractivity contribution is 5.84. The van der Waals surface area contributed by atoms with Crippen molar-refractivity contribution in [1.82, 2.24) is 15.1 Å². The minimum Gasteiger partial charge on any atom is -0.403 e. The Bertz CT molecular complexity index is 809. The molecule has 1 aliphatic heterocycles. The van der Waals surface area contributed by atoms with Crippen molar-refractivity contribution in [3.63, 3.8) is 0 Å². The number of rotatable bonds is 5. The van der Waals surface area contributed by atoms with E-state index in [9.17, 15) is 22.4 Å². The molecule has 0 unspecified atom stereocenters. The number of amides is 1. The van der Waals surface area contributed by atoms with Gasteiger partial charge in [0.25, 0.3) is 0 Å². The van der Waals surface area contributed by atoms with Crippen molar-refractivity contribution in [2.75, 3.05) is 11.9 Å². The molecule has 27 heavy (non-hydrogen) atoms. The molecule has 1 N–H and O–H groups in total. The van der Waals surface area contributed by atoms with Gasteiger partial charge in [0.2, 0.25) is 11.8 Å². The van der Waals surface area contributed by atoms with E-state index in [0.29, 0.717) is 5.56 Å². The number of hydrogen-bond acceptors (Lipinski definition) is 6. The summed E-state index contributed by atoms with van der Waals surface area (Å²) in [5.74, 6) is -0.702. The quantitative estimate of drug-likeness (QED) is 0.794. The number of alkyl halides is 3. The molecule has 1 saturated heterocycles. The Morgan fingerprint density at radius 1 is 1.33 bits per heavy atom. The molecule has 1 aromatic carbocycles. The van der Waals surface area contributed by atoms with Crippen LogP contribution in [0.4, 0.5) is 23.6 Å². The van der Waals surface area contributed by atoms with Crippen molar-refractivity contribution >= 4 is 11.9 Å². The van der Waals surface area contributed by atoms with E-state index < -0.39 is 36.3 Å². The number of carbonyl (C=O) groups excluding carboxylic acids is 1. The van der Waals surface area contributed by atoms with E-state index in [-0.39, 0.29) is 18.5 Å². The van der Waals surface area contributed by atoms with Crippen molar-refractivity contribution in [3.8, 4) is 11.5 Å². The monoisotopic (exact) mass is 388 g/mol. The van der Waals surface area contributed by atoms with Gasteiger partial charge in [0.1, 0.15) is 18.0 Å². The summed E-state index contributed by atoms with van der Waals surface area (Å²) in [6, 6.07) is 3.86. The van der Waals surface area contributed by atoms with Gasteiger partial charge in [0.15, 0.2) is 0 Å². The summed E-state index contributed by atoms with van der Waals surface area (Å²) in [5.41, 5.74) is 0.499. The molecule has 0 radical (unpaired) electrons. The summed E-state index contributed by atoms with van der Waals surface area (Å²) in [6.07, 6.45) is -5.83. The summed E-state index contributed by atoms with van der Waals surface area (Å²) >= 11 is 0. The van der Waals surface area contributed by atoms with Crippen LogP contribution in [-0.4, -0.2) is 52.1 Å². The van der Waals surface area contributed by atoms with Gasteiger partial charge in [-0.05, 0) is 38.1 Å². The van der Waals surface area contributed by atoms with E-state index in [0.717, 1.165) is 0 Å². The normalized spacial score (nSPS) is 20.9. The van der Waals surface area contributed by atoms with Crippen LogP contribution in [0.1, 0.15) is 13.8 Å². The van der Waals surface area contributed by atoms with Gasteiger partial charge in [-0.2, -0.15) is 0 Å². The van der Waals surface area contributed by atoms with Crippen molar-refractivity contribution in [2.24, 2.45) is 0 Å². The summed E-state index contributed by atoms with van der Waals surface area (Å²) in [6.45, 7) is 2.84. The molecule has 2 aromatic rings. The average molecular weight is 388 g/mol. The fourth-order valence-electron chi connectivity index (χ4n) is 2.66. The molecular weight excluding hydrogens is 372 g/mol. The van der Waals surface area contributed by atoms with Crippen LogP contribution in [0.15, 0.2) is 28.7 Å².